The molecule has 2 aromatic rings. The molecule has 5 heteroatoms. The van der Waals surface area contributed by atoms with E-state index in [1.807, 2.05) is 40.6 Å². The number of thiocarbonyl (C=S) groups is 1. The van der Waals surface area contributed by atoms with Crippen LogP contribution < -0.4 is 10.2 Å². The van der Waals surface area contributed by atoms with Gasteiger partial charge in [-0.25, -0.2) is 0 Å². The zero-order chi connectivity index (χ0) is 14.7. The molecule has 3 nitrogen and oxygen atoms in total. The van der Waals surface area contributed by atoms with Crippen molar-refractivity contribution in [1.29, 1.82) is 0 Å². The van der Waals surface area contributed by atoms with E-state index in [0.717, 1.165) is 23.5 Å². The van der Waals surface area contributed by atoms with Gasteiger partial charge in [0.1, 0.15) is 0 Å². The number of benzene rings is 1. The monoisotopic (exact) mass is 314 g/mol. The van der Waals surface area contributed by atoms with Crippen molar-refractivity contribution >= 4 is 46.3 Å². The van der Waals surface area contributed by atoms with E-state index in [9.17, 15) is 4.79 Å². The number of amides is 1. The molecule has 0 unspecified atom stereocenters. The molecule has 0 spiro atoms. The van der Waals surface area contributed by atoms with Crippen molar-refractivity contribution in [3.8, 4) is 0 Å². The second kappa shape index (κ2) is 6.20. The lowest BCUT2D eigenvalue weighted by Crippen LogP contribution is -2.41. The lowest BCUT2D eigenvalue weighted by atomic mass is 10.2. The summed E-state index contributed by atoms with van der Waals surface area (Å²) in [5.41, 5.74) is 2.35. The molecule has 0 saturated carbocycles. The molecule has 1 amide bonds. The van der Waals surface area contributed by atoms with Crippen molar-refractivity contribution in [3.63, 3.8) is 0 Å². The standard InChI is InChI=1S/C16H14N2OS2/c19-15(8-7-13-5-3-11-21-13)17-16(20)18-10-9-12-4-1-2-6-14(12)18/h1-8,11H,9-10H2,(H,17,19,20). The summed E-state index contributed by atoms with van der Waals surface area (Å²) in [6, 6.07) is 12.0. The maximum absolute atomic E-state index is 11.9. The summed E-state index contributed by atoms with van der Waals surface area (Å²) < 4.78 is 0. The van der Waals surface area contributed by atoms with Crippen molar-refractivity contribution in [2.75, 3.05) is 11.4 Å². The van der Waals surface area contributed by atoms with Gasteiger partial charge in [-0.15, -0.1) is 11.3 Å². The third-order valence-electron chi connectivity index (χ3n) is 3.30. The van der Waals surface area contributed by atoms with Crippen LogP contribution in [0.5, 0.6) is 0 Å². The minimum absolute atomic E-state index is 0.196. The van der Waals surface area contributed by atoms with Crippen molar-refractivity contribution in [3.05, 3.63) is 58.3 Å². The summed E-state index contributed by atoms with van der Waals surface area (Å²) in [5.74, 6) is -0.196. The topological polar surface area (TPSA) is 32.3 Å². The summed E-state index contributed by atoms with van der Waals surface area (Å²) in [7, 11) is 0. The fourth-order valence-electron chi connectivity index (χ4n) is 2.31. The Hall–Kier alpha value is -1.98. The van der Waals surface area contributed by atoms with Crippen LogP contribution in [0, 0.1) is 0 Å². The summed E-state index contributed by atoms with van der Waals surface area (Å²) in [6.45, 7) is 0.813. The van der Waals surface area contributed by atoms with Crippen LogP contribution in [0.1, 0.15) is 10.4 Å². The predicted molar refractivity (Wildman–Crippen MR) is 91.6 cm³/mol. The van der Waals surface area contributed by atoms with Crippen molar-refractivity contribution in [1.82, 2.24) is 5.32 Å². The molecule has 0 radical (unpaired) electrons. The van der Waals surface area contributed by atoms with Crippen molar-refractivity contribution < 1.29 is 4.79 Å². The normalized spacial score (nSPS) is 13.4. The zero-order valence-corrected chi connectivity index (χ0v) is 12.9. The first-order chi connectivity index (χ1) is 10.2. The fraction of sp³-hybridized carbons (Fsp3) is 0.125. The smallest absolute Gasteiger partial charge is 0.250 e. The Kier molecular flexibility index (Phi) is 4.13. The SMILES string of the molecule is O=C(C=Cc1cccs1)NC(=S)N1CCc2ccccc21. The maximum atomic E-state index is 11.9. The number of hydrogen-bond donors (Lipinski definition) is 1. The number of fused-ring (bicyclic) bond motifs is 1. The Bertz CT molecular complexity index is 692. The molecule has 106 valence electrons. The van der Waals surface area contributed by atoms with E-state index in [-0.39, 0.29) is 5.91 Å². The van der Waals surface area contributed by atoms with Crippen LogP contribution in [-0.4, -0.2) is 17.6 Å². The van der Waals surface area contributed by atoms with Crippen LogP contribution in [0.15, 0.2) is 47.9 Å². The highest BCUT2D eigenvalue weighted by molar-refractivity contribution is 7.80. The Labute approximate surface area is 132 Å². The largest absolute Gasteiger partial charge is 0.318 e. The van der Waals surface area contributed by atoms with Crippen molar-refractivity contribution in [2.24, 2.45) is 0 Å². The van der Waals surface area contributed by atoms with Gasteiger partial charge in [0.05, 0.1) is 0 Å². The van der Waals surface area contributed by atoms with Gasteiger partial charge in [0.15, 0.2) is 5.11 Å². The van der Waals surface area contributed by atoms with E-state index in [2.05, 4.69) is 11.4 Å². The molecule has 1 aromatic carbocycles. The molecule has 1 aromatic heterocycles. The lowest BCUT2D eigenvalue weighted by Gasteiger charge is -2.19. The molecular weight excluding hydrogens is 300 g/mol. The van der Waals surface area contributed by atoms with Crippen LogP contribution in [0.25, 0.3) is 6.08 Å². The Morgan fingerprint density at radius 2 is 2.14 bits per heavy atom. The van der Waals surface area contributed by atoms with Gasteiger partial charge in [0.25, 0.3) is 0 Å². The number of carbonyl (C=O) groups is 1. The summed E-state index contributed by atoms with van der Waals surface area (Å²) in [4.78, 5) is 14.9. The Morgan fingerprint density at radius 1 is 1.29 bits per heavy atom. The molecule has 3 rings (SSSR count). The summed E-state index contributed by atoms with van der Waals surface area (Å²) in [6.07, 6.45) is 4.26. The lowest BCUT2D eigenvalue weighted by molar-refractivity contribution is -0.115. The molecule has 0 bridgehead atoms. The molecule has 0 aliphatic carbocycles. The molecule has 1 aliphatic rings. The molecule has 0 fully saturated rings. The number of nitrogens with one attached hydrogen (secondary N) is 1. The molecule has 21 heavy (non-hydrogen) atoms. The van der Waals surface area contributed by atoms with Crippen LogP contribution in [0.3, 0.4) is 0 Å². The highest BCUT2D eigenvalue weighted by Gasteiger charge is 2.22. The third-order valence-corrected chi connectivity index (χ3v) is 4.46. The average molecular weight is 314 g/mol. The first-order valence-corrected chi connectivity index (χ1v) is 7.95. The first-order valence-electron chi connectivity index (χ1n) is 6.66. The fourth-order valence-corrected chi connectivity index (χ4v) is 3.22. The van der Waals surface area contributed by atoms with E-state index in [0.29, 0.717) is 5.11 Å². The zero-order valence-electron chi connectivity index (χ0n) is 11.3. The van der Waals surface area contributed by atoms with E-state index in [1.54, 1.807) is 17.4 Å². The highest BCUT2D eigenvalue weighted by Crippen LogP contribution is 2.27. The van der Waals surface area contributed by atoms with Gasteiger partial charge >= 0.3 is 0 Å². The number of carbonyl (C=O) groups excluding carboxylic acids is 1. The molecule has 1 aliphatic heterocycles. The third kappa shape index (κ3) is 3.20. The van der Waals surface area contributed by atoms with Gasteiger partial charge in [-0.3, -0.25) is 10.1 Å². The van der Waals surface area contributed by atoms with Crippen LogP contribution in [0.4, 0.5) is 5.69 Å². The second-order valence-electron chi connectivity index (χ2n) is 4.67. The maximum Gasteiger partial charge on any atom is 0.250 e. The van der Waals surface area contributed by atoms with E-state index < -0.39 is 0 Å². The number of rotatable bonds is 2. The van der Waals surface area contributed by atoms with Gasteiger partial charge < -0.3 is 4.90 Å². The molecular formula is C16H14N2OS2. The molecule has 0 saturated heterocycles. The van der Waals surface area contributed by atoms with Crippen molar-refractivity contribution in [2.45, 2.75) is 6.42 Å². The minimum atomic E-state index is -0.196. The molecule has 2 heterocycles. The number of hydrogen-bond acceptors (Lipinski definition) is 3. The Morgan fingerprint density at radius 3 is 2.95 bits per heavy atom. The minimum Gasteiger partial charge on any atom is -0.318 e. The number of thiophene rings is 1. The van der Waals surface area contributed by atoms with Gasteiger partial charge in [-0.05, 0) is 47.8 Å². The predicted octanol–water partition coefficient (Wildman–Crippen LogP) is 3.23. The van der Waals surface area contributed by atoms with E-state index >= 15 is 0 Å². The van der Waals surface area contributed by atoms with Crippen LogP contribution in [-0.2, 0) is 11.2 Å². The Balaban J connectivity index is 1.63. The van der Waals surface area contributed by atoms with Gasteiger partial charge in [-0.2, -0.15) is 0 Å². The molecule has 1 N–H and O–H groups in total. The highest BCUT2D eigenvalue weighted by atomic mass is 32.1. The number of anilines is 1. The number of para-hydroxylation sites is 1. The van der Waals surface area contributed by atoms with E-state index in [4.69, 9.17) is 12.2 Å². The quantitative estimate of drug-likeness (QED) is 0.682. The van der Waals surface area contributed by atoms with Gasteiger partial charge in [-0.1, -0.05) is 24.3 Å². The number of nitrogens with zero attached hydrogens (tertiary/aromatic N) is 1. The average Bonchev–Trinajstić information content (AvgIpc) is 3.14. The van der Waals surface area contributed by atoms with Crippen LogP contribution in [0.2, 0.25) is 0 Å². The summed E-state index contributed by atoms with van der Waals surface area (Å²) in [5, 5.41) is 5.20. The first kappa shape index (κ1) is 14.0. The summed E-state index contributed by atoms with van der Waals surface area (Å²) >= 11 is 6.93. The second-order valence-corrected chi connectivity index (χ2v) is 6.04. The van der Waals surface area contributed by atoms with Crippen LogP contribution >= 0.6 is 23.6 Å². The van der Waals surface area contributed by atoms with E-state index in [1.165, 1.54) is 11.6 Å². The van der Waals surface area contributed by atoms with Gasteiger partial charge in [0, 0.05) is 23.2 Å². The van der Waals surface area contributed by atoms with Gasteiger partial charge in [0.2, 0.25) is 5.91 Å². The molecule has 0 atom stereocenters.